The second-order valence-electron chi connectivity index (χ2n) is 3.89. The minimum absolute atomic E-state index is 0.0952. The van der Waals surface area contributed by atoms with Crippen LogP contribution in [0.2, 0.25) is 0 Å². The summed E-state index contributed by atoms with van der Waals surface area (Å²) in [4.78, 5) is 10.8. The monoisotopic (exact) mass is 247 g/mol. The van der Waals surface area contributed by atoms with E-state index in [1.54, 1.807) is 12.1 Å². The van der Waals surface area contributed by atoms with E-state index >= 15 is 0 Å². The highest BCUT2D eigenvalue weighted by atomic mass is 16.5. The largest absolute Gasteiger partial charge is 0.478 e. The first-order valence-electron chi connectivity index (χ1n) is 5.35. The molecule has 0 aliphatic rings. The van der Waals surface area contributed by atoms with Gasteiger partial charge >= 0.3 is 5.97 Å². The number of aromatic carboxylic acids is 1. The number of carboxylic acid groups (broad SMARTS) is 1. The van der Waals surface area contributed by atoms with Crippen molar-refractivity contribution in [3.8, 4) is 0 Å². The van der Waals surface area contributed by atoms with Crippen molar-refractivity contribution < 1.29 is 14.4 Å². The minimum Gasteiger partial charge on any atom is -0.478 e. The summed E-state index contributed by atoms with van der Waals surface area (Å²) in [5.74, 6) is -0.293. The van der Waals surface area contributed by atoms with Gasteiger partial charge in [-0.2, -0.15) is 0 Å². The van der Waals surface area contributed by atoms with Crippen LogP contribution in [0.25, 0.3) is 0 Å². The number of rotatable bonds is 4. The summed E-state index contributed by atoms with van der Waals surface area (Å²) in [5, 5.41) is 15.8. The zero-order valence-electron chi connectivity index (χ0n) is 9.80. The lowest BCUT2D eigenvalue weighted by Gasteiger charge is -2.06. The van der Waals surface area contributed by atoms with Crippen LogP contribution in [0.1, 0.15) is 21.8 Å². The summed E-state index contributed by atoms with van der Waals surface area (Å²) in [5.41, 5.74) is 7.47. The van der Waals surface area contributed by atoms with E-state index in [0.717, 1.165) is 17.1 Å². The van der Waals surface area contributed by atoms with Crippen molar-refractivity contribution in [1.82, 2.24) is 5.16 Å². The smallest absolute Gasteiger partial charge is 0.337 e. The van der Waals surface area contributed by atoms with Crippen LogP contribution in [0.4, 0.5) is 11.4 Å². The van der Waals surface area contributed by atoms with Crippen molar-refractivity contribution in [2.24, 2.45) is 0 Å². The summed E-state index contributed by atoms with van der Waals surface area (Å²) in [6.45, 7) is 2.30. The number of hydrogen-bond acceptors (Lipinski definition) is 5. The Morgan fingerprint density at radius 1 is 1.50 bits per heavy atom. The standard InChI is InChI=1S/C12H13N3O3/c1-7-4-9(15-18-7)6-14-8-2-3-10(12(16)17)11(13)5-8/h2-5,14H,6,13H2,1H3,(H,16,17). The van der Waals surface area contributed by atoms with Gasteiger partial charge in [0.05, 0.1) is 12.1 Å². The molecule has 0 fully saturated rings. The van der Waals surface area contributed by atoms with Crippen LogP contribution < -0.4 is 11.1 Å². The van der Waals surface area contributed by atoms with Gasteiger partial charge in [-0.05, 0) is 25.1 Å². The number of benzene rings is 1. The Kier molecular flexibility index (Phi) is 3.18. The highest BCUT2D eigenvalue weighted by molar-refractivity contribution is 5.94. The molecule has 2 rings (SSSR count). The molecule has 94 valence electrons. The summed E-state index contributed by atoms with van der Waals surface area (Å²) < 4.78 is 4.93. The number of carbonyl (C=O) groups is 1. The Balaban J connectivity index is 2.06. The van der Waals surface area contributed by atoms with E-state index in [0.29, 0.717) is 6.54 Å². The Morgan fingerprint density at radius 2 is 2.28 bits per heavy atom. The number of nitrogen functional groups attached to an aromatic ring is 1. The molecule has 1 heterocycles. The molecule has 4 N–H and O–H groups in total. The van der Waals surface area contributed by atoms with E-state index in [9.17, 15) is 4.79 Å². The number of carboxylic acids is 1. The highest BCUT2D eigenvalue weighted by Crippen LogP contribution is 2.18. The number of nitrogens with two attached hydrogens (primary N) is 1. The van der Waals surface area contributed by atoms with Crippen LogP contribution in [0.5, 0.6) is 0 Å². The van der Waals surface area contributed by atoms with Crippen LogP contribution in [0.15, 0.2) is 28.8 Å². The first-order chi connectivity index (χ1) is 8.56. The van der Waals surface area contributed by atoms with Gasteiger partial charge in [-0.3, -0.25) is 0 Å². The second kappa shape index (κ2) is 4.79. The molecule has 0 radical (unpaired) electrons. The van der Waals surface area contributed by atoms with Gasteiger partial charge in [-0.1, -0.05) is 5.16 Å². The molecule has 2 aromatic rings. The fraction of sp³-hybridized carbons (Fsp3) is 0.167. The van der Waals surface area contributed by atoms with Crippen LogP contribution in [-0.2, 0) is 6.54 Å². The van der Waals surface area contributed by atoms with Gasteiger partial charge in [0.25, 0.3) is 0 Å². The van der Waals surface area contributed by atoms with Gasteiger partial charge in [0.15, 0.2) is 0 Å². The van der Waals surface area contributed by atoms with Crippen LogP contribution in [0.3, 0.4) is 0 Å². The van der Waals surface area contributed by atoms with E-state index in [1.807, 2.05) is 13.0 Å². The van der Waals surface area contributed by atoms with Crippen LogP contribution in [-0.4, -0.2) is 16.2 Å². The van der Waals surface area contributed by atoms with Crippen LogP contribution >= 0.6 is 0 Å². The minimum atomic E-state index is -1.04. The molecule has 0 atom stereocenters. The van der Waals surface area contributed by atoms with E-state index < -0.39 is 5.97 Å². The molecule has 0 saturated carbocycles. The SMILES string of the molecule is Cc1cc(CNc2ccc(C(=O)O)c(N)c2)no1. The van der Waals surface area contributed by atoms with Gasteiger partial charge in [0.1, 0.15) is 11.5 Å². The maximum absolute atomic E-state index is 10.8. The van der Waals surface area contributed by atoms with Gasteiger partial charge in [0.2, 0.25) is 0 Å². The summed E-state index contributed by atoms with van der Waals surface area (Å²) in [6, 6.07) is 6.53. The van der Waals surface area contributed by atoms with Crippen molar-refractivity contribution in [3.63, 3.8) is 0 Å². The van der Waals surface area contributed by atoms with E-state index in [1.165, 1.54) is 6.07 Å². The summed E-state index contributed by atoms with van der Waals surface area (Å²) in [7, 11) is 0. The molecule has 6 nitrogen and oxygen atoms in total. The molecule has 0 aliphatic carbocycles. The number of hydrogen-bond donors (Lipinski definition) is 3. The lowest BCUT2D eigenvalue weighted by molar-refractivity contribution is 0.0698. The predicted molar refractivity (Wildman–Crippen MR) is 66.4 cm³/mol. The third-order valence-corrected chi connectivity index (χ3v) is 2.43. The third-order valence-electron chi connectivity index (χ3n) is 2.43. The summed E-state index contributed by atoms with van der Waals surface area (Å²) in [6.07, 6.45) is 0. The maximum atomic E-state index is 10.8. The zero-order valence-corrected chi connectivity index (χ0v) is 9.80. The number of nitrogens with one attached hydrogen (secondary N) is 1. The van der Waals surface area contributed by atoms with Crippen molar-refractivity contribution in [2.45, 2.75) is 13.5 Å². The van der Waals surface area contributed by atoms with Crippen molar-refractivity contribution in [1.29, 1.82) is 0 Å². The molecular weight excluding hydrogens is 234 g/mol. The second-order valence-corrected chi connectivity index (χ2v) is 3.89. The Bertz CT molecular complexity index is 578. The average Bonchev–Trinajstić information content (AvgIpc) is 2.72. The Morgan fingerprint density at radius 3 is 2.83 bits per heavy atom. The number of nitrogens with zero attached hydrogens (tertiary/aromatic N) is 1. The van der Waals surface area contributed by atoms with Crippen molar-refractivity contribution in [2.75, 3.05) is 11.1 Å². The number of anilines is 2. The fourth-order valence-corrected chi connectivity index (χ4v) is 1.56. The third kappa shape index (κ3) is 2.60. The molecule has 0 spiro atoms. The Labute approximate surface area is 103 Å². The molecular formula is C12H13N3O3. The highest BCUT2D eigenvalue weighted by Gasteiger charge is 2.08. The molecule has 1 aromatic heterocycles. The first-order valence-corrected chi connectivity index (χ1v) is 5.35. The molecule has 0 bridgehead atoms. The number of aromatic nitrogens is 1. The average molecular weight is 247 g/mol. The van der Waals surface area contributed by atoms with Crippen molar-refractivity contribution >= 4 is 17.3 Å². The molecule has 6 heteroatoms. The molecule has 1 aromatic carbocycles. The van der Waals surface area contributed by atoms with E-state index in [4.69, 9.17) is 15.4 Å². The molecule has 0 saturated heterocycles. The molecule has 0 unspecified atom stereocenters. The fourth-order valence-electron chi connectivity index (χ4n) is 1.56. The molecule has 0 amide bonds. The van der Waals surface area contributed by atoms with Crippen LogP contribution in [0, 0.1) is 6.92 Å². The normalized spacial score (nSPS) is 10.3. The predicted octanol–water partition coefficient (Wildman–Crippen LogP) is 1.88. The Hall–Kier alpha value is -2.50. The van der Waals surface area contributed by atoms with Crippen molar-refractivity contribution in [3.05, 3.63) is 41.3 Å². The summed E-state index contributed by atoms with van der Waals surface area (Å²) >= 11 is 0. The first kappa shape index (κ1) is 12.0. The van der Waals surface area contributed by atoms with Gasteiger partial charge in [-0.25, -0.2) is 4.79 Å². The van der Waals surface area contributed by atoms with Gasteiger partial charge < -0.3 is 20.7 Å². The lowest BCUT2D eigenvalue weighted by atomic mass is 10.1. The quantitative estimate of drug-likeness (QED) is 0.713. The zero-order chi connectivity index (χ0) is 13.1. The molecule has 18 heavy (non-hydrogen) atoms. The van der Waals surface area contributed by atoms with E-state index in [-0.39, 0.29) is 11.3 Å². The van der Waals surface area contributed by atoms with Gasteiger partial charge in [-0.15, -0.1) is 0 Å². The lowest BCUT2D eigenvalue weighted by Crippen LogP contribution is -2.04. The number of aryl methyl sites for hydroxylation is 1. The van der Waals surface area contributed by atoms with E-state index in [2.05, 4.69) is 10.5 Å². The van der Waals surface area contributed by atoms with Gasteiger partial charge in [0, 0.05) is 17.4 Å². The molecule has 0 aliphatic heterocycles. The maximum Gasteiger partial charge on any atom is 0.337 e. The topological polar surface area (TPSA) is 101 Å².